The predicted octanol–water partition coefficient (Wildman–Crippen LogP) is 1.62. The Hall–Kier alpha value is -3.10. The third-order valence-corrected chi connectivity index (χ3v) is 2.75. The number of carbonyl (C=O) groups is 1. The second kappa shape index (κ2) is 6.57. The summed E-state index contributed by atoms with van der Waals surface area (Å²) in [6, 6.07) is 5.61. The zero-order valence-corrected chi connectivity index (χ0v) is 11.9. The summed E-state index contributed by atoms with van der Waals surface area (Å²) in [4.78, 5) is 21.7. The summed E-state index contributed by atoms with van der Waals surface area (Å²) >= 11 is 0. The third-order valence-electron chi connectivity index (χ3n) is 2.75. The van der Waals surface area contributed by atoms with Crippen molar-refractivity contribution in [2.75, 3.05) is 14.2 Å². The summed E-state index contributed by atoms with van der Waals surface area (Å²) in [5.74, 6) is -0.109. The van der Waals surface area contributed by atoms with Gasteiger partial charge in [0.15, 0.2) is 12.4 Å². The van der Waals surface area contributed by atoms with Crippen molar-refractivity contribution in [3.8, 4) is 11.5 Å². The highest BCUT2D eigenvalue weighted by Gasteiger charge is 2.17. The van der Waals surface area contributed by atoms with Gasteiger partial charge in [0.1, 0.15) is 5.75 Å². The van der Waals surface area contributed by atoms with Crippen molar-refractivity contribution in [2.24, 2.45) is 0 Å². The molecule has 0 aliphatic rings. The fourth-order valence-corrected chi connectivity index (χ4v) is 1.67. The number of aromatic nitrogens is 2. The number of nitro groups is 1. The Labute approximate surface area is 125 Å². The molecule has 0 amide bonds. The van der Waals surface area contributed by atoms with Gasteiger partial charge in [-0.25, -0.2) is 9.48 Å². The van der Waals surface area contributed by atoms with Gasteiger partial charge in [-0.15, -0.1) is 0 Å². The van der Waals surface area contributed by atoms with E-state index in [9.17, 15) is 14.9 Å². The van der Waals surface area contributed by atoms with Gasteiger partial charge in [0.2, 0.25) is 5.75 Å². The van der Waals surface area contributed by atoms with Crippen LogP contribution in [0, 0.1) is 10.1 Å². The summed E-state index contributed by atoms with van der Waals surface area (Å²) in [5.41, 5.74) is -0.0765. The molecule has 0 bridgehead atoms. The molecule has 0 spiro atoms. The molecule has 0 aliphatic heterocycles. The molecule has 1 aromatic carbocycles. The number of methoxy groups -OCH3 is 2. The van der Waals surface area contributed by atoms with Crippen LogP contribution in [-0.2, 0) is 11.5 Å². The highest BCUT2D eigenvalue weighted by atomic mass is 16.6. The Morgan fingerprint density at radius 2 is 2.14 bits per heavy atom. The third kappa shape index (κ3) is 3.32. The second-order valence-electron chi connectivity index (χ2n) is 4.10. The number of benzene rings is 1. The Morgan fingerprint density at radius 1 is 1.36 bits per heavy atom. The Morgan fingerprint density at radius 3 is 2.77 bits per heavy atom. The van der Waals surface area contributed by atoms with E-state index in [0.29, 0.717) is 5.75 Å². The van der Waals surface area contributed by atoms with Gasteiger partial charge >= 0.3 is 11.7 Å². The van der Waals surface area contributed by atoms with E-state index < -0.39 is 10.9 Å². The number of carbonyl (C=O) groups excluding carboxylic acids is 1. The Kier molecular flexibility index (Phi) is 4.57. The van der Waals surface area contributed by atoms with Crippen LogP contribution in [0.25, 0.3) is 0 Å². The molecule has 0 atom stereocenters. The van der Waals surface area contributed by atoms with Crippen molar-refractivity contribution < 1.29 is 23.9 Å². The van der Waals surface area contributed by atoms with Crippen molar-refractivity contribution >= 4 is 11.7 Å². The van der Waals surface area contributed by atoms with Gasteiger partial charge in [-0.3, -0.25) is 10.1 Å². The average Bonchev–Trinajstić information content (AvgIpc) is 3.00. The lowest BCUT2D eigenvalue weighted by Crippen LogP contribution is -2.09. The van der Waals surface area contributed by atoms with E-state index in [2.05, 4.69) is 9.84 Å². The number of esters is 1. The molecule has 9 nitrogen and oxygen atoms in total. The molecule has 1 heterocycles. The number of hydrogen-bond donors (Lipinski definition) is 0. The van der Waals surface area contributed by atoms with E-state index >= 15 is 0 Å². The van der Waals surface area contributed by atoms with Crippen LogP contribution in [0.2, 0.25) is 0 Å². The molecule has 0 radical (unpaired) electrons. The largest absolute Gasteiger partial charge is 0.497 e. The molecule has 0 unspecified atom stereocenters. The molecule has 9 heteroatoms. The lowest BCUT2D eigenvalue weighted by atomic mass is 10.3. The van der Waals surface area contributed by atoms with Gasteiger partial charge in [-0.2, -0.15) is 5.10 Å². The summed E-state index contributed by atoms with van der Waals surface area (Å²) in [6.07, 6.45) is 1.50. The van der Waals surface area contributed by atoms with Crippen LogP contribution in [0.5, 0.6) is 11.5 Å². The minimum Gasteiger partial charge on any atom is -0.497 e. The first-order chi connectivity index (χ1) is 10.5. The van der Waals surface area contributed by atoms with Gasteiger partial charge in [0, 0.05) is 18.3 Å². The molecular formula is C13H13N3O6. The van der Waals surface area contributed by atoms with Crippen molar-refractivity contribution in [1.29, 1.82) is 0 Å². The maximum absolute atomic E-state index is 11.3. The first-order valence-corrected chi connectivity index (χ1v) is 6.12. The van der Waals surface area contributed by atoms with Gasteiger partial charge in [-0.1, -0.05) is 0 Å². The van der Waals surface area contributed by atoms with E-state index in [0.717, 1.165) is 0 Å². The molecule has 2 aromatic rings. The SMILES string of the molecule is COC(=O)c1ccn(COc2cc(OC)ccc2[N+](=O)[O-])n1. The van der Waals surface area contributed by atoms with Gasteiger partial charge < -0.3 is 14.2 Å². The highest BCUT2D eigenvalue weighted by molar-refractivity contribution is 5.86. The minimum atomic E-state index is -0.578. The maximum Gasteiger partial charge on any atom is 0.358 e. The van der Waals surface area contributed by atoms with Crippen molar-refractivity contribution in [3.05, 3.63) is 46.3 Å². The zero-order chi connectivity index (χ0) is 16.1. The predicted molar refractivity (Wildman–Crippen MR) is 73.8 cm³/mol. The van der Waals surface area contributed by atoms with Crippen LogP contribution in [0.3, 0.4) is 0 Å². The van der Waals surface area contributed by atoms with E-state index in [4.69, 9.17) is 9.47 Å². The fraction of sp³-hybridized carbons (Fsp3) is 0.231. The van der Waals surface area contributed by atoms with Gasteiger partial charge in [0.25, 0.3) is 0 Å². The van der Waals surface area contributed by atoms with E-state index in [1.54, 1.807) is 0 Å². The monoisotopic (exact) mass is 307 g/mol. The summed E-state index contributed by atoms with van der Waals surface area (Å²) in [7, 11) is 2.69. The van der Waals surface area contributed by atoms with Crippen molar-refractivity contribution in [1.82, 2.24) is 9.78 Å². The van der Waals surface area contributed by atoms with E-state index in [1.807, 2.05) is 0 Å². The number of hydrogen-bond acceptors (Lipinski definition) is 7. The molecule has 0 aliphatic carbocycles. The van der Waals surface area contributed by atoms with E-state index in [-0.39, 0.29) is 23.9 Å². The average molecular weight is 307 g/mol. The Bertz CT molecular complexity index is 697. The molecule has 2 rings (SSSR count). The summed E-state index contributed by atoms with van der Waals surface area (Å²) < 4.78 is 16.2. The number of ether oxygens (including phenoxy) is 3. The summed E-state index contributed by atoms with van der Waals surface area (Å²) in [5, 5.41) is 14.9. The fourth-order valence-electron chi connectivity index (χ4n) is 1.67. The molecule has 0 N–H and O–H groups in total. The Balaban J connectivity index is 2.15. The van der Waals surface area contributed by atoms with Crippen LogP contribution in [-0.4, -0.2) is 34.9 Å². The van der Waals surface area contributed by atoms with Crippen LogP contribution in [0.4, 0.5) is 5.69 Å². The quantitative estimate of drug-likeness (QED) is 0.453. The maximum atomic E-state index is 11.3. The number of nitro benzene ring substituents is 1. The second-order valence-corrected chi connectivity index (χ2v) is 4.10. The van der Waals surface area contributed by atoms with Gasteiger partial charge in [0.05, 0.1) is 19.1 Å². The molecule has 0 saturated heterocycles. The van der Waals surface area contributed by atoms with Crippen LogP contribution in [0.15, 0.2) is 30.5 Å². The molecule has 0 saturated carbocycles. The molecular weight excluding hydrogens is 294 g/mol. The highest BCUT2D eigenvalue weighted by Crippen LogP contribution is 2.31. The number of nitrogens with zero attached hydrogens (tertiary/aromatic N) is 3. The van der Waals surface area contributed by atoms with Crippen molar-refractivity contribution in [2.45, 2.75) is 6.73 Å². The standard InChI is InChI=1S/C13H13N3O6/c1-20-9-3-4-11(16(18)19)12(7-9)22-8-15-6-5-10(14-15)13(17)21-2/h3-7H,8H2,1-2H3. The van der Waals surface area contributed by atoms with E-state index in [1.165, 1.54) is 49.4 Å². The van der Waals surface area contributed by atoms with Crippen LogP contribution in [0.1, 0.15) is 10.5 Å². The first-order valence-electron chi connectivity index (χ1n) is 6.12. The summed E-state index contributed by atoms with van der Waals surface area (Å²) in [6.45, 7) is -0.106. The lowest BCUT2D eigenvalue weighted by molar-refractivity contribution is -0.386. The molecule has 0 fully saturated rings. The molecule has 22 heavy (non-hydrogen) atoms. The zero-order valence-electron chi connectivity index (χ0n) is 11.9. The van der Waals surface area contributed by atoms with Crippen LogP contribution >= 0.6 is 0 Å². The van der Waals surface area contributed by atoms with Crippen molar-refractivity contribution in [3.63, 3.8) is 0 Å². The van der Waals surface area contributed by atoms with Crippen LogP contribution < -0.4 is 9.47 Å². The minimum absolute atomic E-state index is 0.0412. The van der Waals surface area contributed by atoms with Gasteiger partial charge in [-0.05, 0) is 12.1 Å². The lowest BCUT2D eigenvalue weighted by Gasteiger charge is -2.08. The normalized spacial score (nSPS) is 10.1. The topological polar surface area (TPSA) is 106 Å². The molecule has 116 valence electrons. The molecule has 1 aromatic heterocycles. The smallest absolute Gasteiger partial charge is 0.358 e. The number of rotatable bonds is 6. The first kappa shape index (κ1) is 15.3.